The van der Waals surface area contributed by atoms with Crippen LogP contribution >= 0.6 is 0 Å². The fourth-order valence-corrected chi connectivity index (χ4v) is 4.00. The van der Waals surface area contributed by atoms with E-state index in [0.29, 0.717) is 11.0 Å². The third-order valence-corrected chi connectivity index (χ3v) is 5.45. The molecule has 0 aromatic heterocycles. The third-order valence-electron chi connectivity index (χ3n) is 5.45. The van der Waals surface area contributed by atoms with Crippen molar-refractivity contribution in [1.82, 2.24) is 10.2 Å². The summed E-state index contributed by atoms with van der Waals surface area (Å²) in [6.45, 7) is 12.3. The average molecular weight is 252 g/mol. The second-order valence-corrected chi connectivity index (χ2v) is 7.00. The van der Waals surface area contributed by atoms with Gasteiger partial charge in [0.2, 0.25) is 0 Å². The van der Waals surface area contributed by atoms with Crippen LogP contribution in [0.5, 0.6) is 0 Å². The molecule has 1 N–H and O–H groups in total. The van der Waals surface area contributed by atoms with Crippen LogP contribution in [0.1, 0.15) is 65.7 Å². The zero-order chi connectivity index (χ0) is 13.1. The first-order valence-corrected chi connectivity index (χ1v) is 8.09. The van der Waals surface area contributed by atoms with Crippen LogP contribution in [0.25, 0.3) is 0 Å². The van der Waals surface area contributed by atoms with Crippen molar-refractivity contribution in [3.8, 4) is 0 Å². The molecule has 2 aliphatic rings. The molecule has 0 atom stereocenters. The minimum Gasteiger partial charge on any atom is -0.310 e. The fraction of sp³-hybridized carbons (Fsp3) is 1.00. The molecule has 0 bridgehead atoms. The number of nitrogens with one attached hydrogen (secondary N) is 1. The Morgan fingerprint density at radius 3 is 2.33 bits per heavy atom. The van der Waals surface area contributed by atoms with Crippen molar-refractivity contribution < 1.29 is 0 Å². The standard InChI is InChI=1S/C16H32N2/c1-4-16(5-2)14-18(12-8-11-17-16)13-15(3)9-6-7-10-15/h17H,4-14H2,1-3H3. The number of nitrogens with zero attached hydrogens (tertiary/aromatic N) is 1. The lowest BCUT2D eigenvalue weighted by Gasteiger charge is -2.38. The molecule has 1 aliphatic heterocycles. The summed E-state index contributed by atoms with van der Waals surface area (Å²) in [7, 11) is 0. The summed E-state index contributed by atoms with van der Waals surface area (Å²) in [5.74, 6) is 0. The van der Waals surface area contributed by atoms with Gasteiger partial charge in [-0.25, -0.2) is 0 Å². The van der Waals surface area contributed by atoms with Gasteiger partial charge in [0, 0.05) is 18.6 Å². The Hall–Kier alpha value is -0.0800. The molecular formula is C16H32N2. The van der Waals surface area contributed by atoms with Crippen LogP contribution in [0.4, 0.5) is 0 Å². The van der Waals surface area contributed by atoms with Gasteiger partial charge < -0.3 is 10.2 Å². The van der Waals surface area contributed by atoms with E-state index in [1.807, 2.05) is 0 Å². The molecule has 0 unspecified atom stereocenters. The first-order chi connectivity index (χ1) is 8.61. The van der Waals surface area contributed by atoms with Gasteiger partial charge >= 0.3 is 0 Å². The van der Waals surface area contributed by atoms with Crippen molar-refractivity contribution in [1.29, 1.82) is 0 Å². The largest absolute Gasteiger partial charge is 0.310 e. The van der Waals surface area contributed by atoms with Crippen molar-refractivity contribution >= 4 is 0 Å². The van der Waals surface area contributed by atoms with E-state index in [2.05, 4.69) is 31.0 Å². The summed E-state index contributed by atoms with van der Waals surface area (Å²) in [6, 6.07) is 0. The highest BCUT2D eigenvalue weighted by Crippen LogP contribution is 2.38. The van der Waals surface area contributed by atoms with Crippen LogP contribution in [0.15, 0.2) is 0 Å². The predicted molar refractivity (Wildman–Crippen MR) is 78.9 cm³/mol. The van der Waals surface area contributed by atoms with Gasteiger partial charge in [0.25, 0.3) is 0 Å². The van der Waals surface area contributed by atoms with Gasteiger partial charge in [-0.15, -0.1) is 0 Å². The Labute approximate surface area is 114 Å². The van der Waals surface area contributed by atoms with Gasteiger partial charge in [-0.2, -0.15) is 0 Å². The normalized spacial score (nSPS) is 28.2. The monoisotopic (exact) mass is 252 g/mol. The van der Waals surface area contributed by atoms with Crippen molar-refractivity contribution in [3.05, 3.63) is 0 Å². The van der Waals surface area contributed by atoms with E-state index in [1.165, 1.54) is 71.1 Å². The lowest BCUT2D eigenvalue weighted by atomic mass is 9.86. The zero-order valence-electron chi connectivity index (χ0n) is 12.7. The topological polar surface area (TPSA) is 15.3 Å². The lowest BCUT2D eigenvalue weighted by molar-refractivity contribution is 0.135. The molecule has 18 heavy (non-hydrogen) atoms. The van der Waals surface area contributed by atoms with Gasteiger partial charge in [0.05, 0.1) is 0 Å². The highest BCUT2D eigenvalue weighted by Gasteiger charge is 2.35. The highest BCUT2D eigenvalue weighted by atomic mass is 15.2. The van der Waals surface area contributed by atoms with Crippen molar-refractivity contribution in [2.75, 3.05) is 26.2 Å². The summed E-state index contributed by atoms with van der Waals surface area (Å²) in [5.41, 5.74) is 0.989. The number of hydrogen-bond acceptors (Lipinski definition) is 2. The Morgan fingerprint density at radius 1 is 1.06 bits per heavy atom. The molecule has 2 rings (SSSR count). The average Bonchev–Trinajstić information content (AvgIpc) is 2.68. The maximum atomic E-state index is 3.82. The Morgan fingerprint density at radius 2 is 1.72 bits per heavy atom. The molecule has 1 aliphatic carbocycles. The Bertz CT molecular complexity index is 252. The van der Waals surface area contributed by atoms with Crippen molar-refractivity contribution in [3.63, 3.8) is 0 Å². The molecule has 1 saturated carbocycles. The van der Waals surface area contributed by atoms with E-state index in [9.17, 15) is 0 Å². The SMILES string of the molecule is CCC1(CC)CN(CC2(C)CCCC2)CCCN1. The van der Waals surface area contributed by atoms with Gasteiger partial charge in [0.1, 0.15) is 0 Å². The second-order valence-electron chi connectivity index (χ2n) is 7.00. The lowest BCUT2D eigenvalue weighted by Crippen LogP contribution is -2.51. The molecule has 0 spiro atoms. The van der Waals surface area contributed by atoms with Crippen molar-refractivity contribution in [2.24, 2.45) is 5.41 Å². The van der Waals surface area contributed by atoms with E-state index in [1.54, 1.807) is 0 Å². The Kier molecular flexibility index (Phi) is 4.71. The van der Waals surface area contributed by atoms with E-state index < -0.39 is 0 Å². The minimum absolute atomic E-state index is 0.380. The van der Waals surface area contributed by atoms with Gasteiger partial charge in [-0.1, -0.05) is 33.6 Å². The zero-order valence-corrected chi connectivity index (χ0v) is 12.7. The Balaban J connectivity index is 1.98. The molecule has 2 nitrogen and oxygen atoms in total. The van der Waals surface area contributed by atoms with Gasteiger partial charge in [0.15, 0.2) is 0 Å². The van der Waals surface area contributed by atoms with E-state index in [0.717, 1.165) is 0 Å². The van der Waals surface area contributed by atoms with Crippen LogP contribution in [0.3, 0.4) is 0 Å². The van der Waals surface area contributed by atoms with Gasteiger partial charge in [-0.05, 0) is 50.6 Å². The molecule has 0 amide bonds. The predicted octanol–water partition coefficient (Wildman–Crippen LogP) is 3.42. The molecule has 1 saturated heterocycles. The number of hydrogen-bond donors (Lipinski definition) is 1. The van der Waals surface area contributed by atoms with E-state index in [-0.39, 0.29) is 0 Å². The fourth-order valence-electron chi connectivity index (χ4n) is 4.00. The van der Waals surface area contributed by atoms with Crippen LogP contribution in [0.2, 0.25) is 0 Å². The highest BCUT2D eigenvalue weighted by molar-refractivity contribution is 4.93. The molecular weight excluding hydrogens is 220 g/mol. The quantitative estimate of drug-likeness (QED) is 0.825. The van der Waals surface area contributed by atoms with Crippen LogP contribution in [-0.4, -0.2) is 36.6 Å². The summed E-state index contributed by atoms with van der Waals surface area (Å²) in [4.78, 5) is 2.76. The molecule has 0 aromatic carbocycles. The minimum atomic E-state index is 0.380. The molecule has 0 aromatic rings. The van der Waals surface area contributed by atoms with E-state index in [4.69, 9.17) is 0 Å². The van der Waals surface area contributed by atoms with E-state index >= 15 is 0 Å². The summed E-state index contributed by atoms with van der Waals surface area (Å²) < 4.78 is 0. The molecule has 1 heterocycles. The summed E-state index contributed by atoms with van der Waals surface area (Å²) >= 11 is 0. The van der Waals surface area contributed by atoms with Crippen LogP contribution < -0.4 is 5.32 Å². The maximum absolute atomic E-state index is 3.82. The van der Waals surface area contributed by atoms with Crippen LogP contribution in [-0.2, 0) is 0 Å². The summed E-state index contributed by atoms with van der Waals surface area (Å²) in [6.07, 6.45) is 9.64. The smallest absolute Gasteiger partial charge is 0.0303 e. The van der Waals surface area contributed by atoms with Gasteiger partial charge in [-0.3, -0.25) is 0 Å². The molecule has 0 radical (unpaired) electrons. The first-order valence-electron chi connectivity index (χ1n) is 8.09. The number of rotatable bonds is 4. The molecule has 106 valence electrons. The first kappa shape index (κ1) is 14.3. The van der Waals surface area contributed by atoms with Crippen LogP contribution in [0, 0.1) is 5.41 Å². The third kappa shape index (κ3) is 3.27. The molecule has 2 heteroatoms. The second kappa shape index (κ2) is 5.92. The summed E-state index contributed by atoms with van der Waals surface area (Å²) in [5, 5.41) is 3.82. The maximum Gasteiger partial charge on any atom is 0.0303 e. The molecule has 2 fully saturated rings. The van der Waals surface area contributed by atoms with Crippen molar-refractivity contribution in [2.45, 2.75) is 71.3 Å².